The number of imide groups is 1. The molecule has 1 rings (SSSR count). The molecule has 0 aliphatic heterocycles. The molecule has 0 fully saturated rings. The van der Waals surface area contributed by atoms with E-state index in [1.54, 1.807) is 18.2 Å². The monoisotopic (exact) mass is 303 g/mol. The van der Waals surface area contributed by atoms with Gasteiger partial charge in [-0.1, -0.05) is 33.6 Å². The van der Waals surface area contributed by atoms with Crippen molar-refractivity contribution in [2.24, 2.45) is 0 Å². The van der Waals surface area contributed by atoms with E-state index in [2.05, 4.69) is 15.9 Å². The normalized spacial score (nSPS) is 10.0. The molecule has 0 spiro atoms. The standard InChI is InChI=1S/C11H11BrClNO2/c1-7(15)14(8(2)16)11-5-3-4-10(13)9(11)6-12/h3-5H,6H2,1-2H3. The van der Waals surface area contributed by atoms with Gasteiger partial charge in [0.15, 0.2) is 0 Å². The predicted molar refractivity (Wildman–Crippen MR) is 67.9 cm³/mol. The number of anilines is 1. The van der Waals surface area contributed by atoms with E-state index in [9.17, 15) is 9.59 Å². The average molecular weight is 305 g/mol. The molecule has 86 valence electrons. The van der Waals surface area contributed by atoms with Crippen molar-refractivity contribution in [2.75, 3.05) is 4.90 Å². The molecule has 16 heavy (non-hydrogen) atoms. The Morgan fingerprint density at radius 3 is 2.31 bits per heavy atom. The minimum atomic E-state index is -0.322. The van der Waals surface area contributed by atoms with Gasteiger partial charge >= 0.3 is 0 Å². The first kappa shape index (κ1) is 13.2. The third kappa shape index (κ3) is 2.62. The van der Waals surface area contributed by atoms with Gasteiger partial charge in [0.05, 0.1) is 5.69 Å². The third-order valence-electron chi connectivity index (χ3n) is 2.10. The van der Waals surface area contributed by atoms with Crippen LogP contribution in [0.1, 0.15) is 19.4 Å². The number of benzene rings is 1. The summed E-state index contributed by atoms with van der Waals surface area (Å²) in [4.78, 5) is 23.9. The lowest BCUT2D eigenvalue weighted by Gasteiger charge is -2.20. The van der Waals surface area contributed by atoms with Crippen molar-refractivity contribution in [3.05, 3.63) is 28.8 Å². The Kier molecular flexibility index (Phi) is 4.50. The Bertz CT molecular complexity index is 420. The van der Waals surface area contributed by atoms with Crippen LogP contribution in [0.4, 0.5) is 5.69 Å². The van der Waals surface area contributed by atoms with Crippen LogP contribution < -0.4 is 4.90 Å². The molecule has 0 saturated carbocycles. The van der Waals surface area contributed by atoms with Gasteiger partial charge in [0.1, 0.15) is 0 Å². The number of amides is 2. The first-order valence-corrected chi connectivity index (χ1v) is 6.13. The maximum Gasteiger partial charge on any atom is 0.230 e. The van der Waals surface area contributed by atoms with Crippen molar-refractivity contribution in [3.63, 3.8) is 0 Å². The SMILES string of the molecule is CC(=O)N(C(C)=O)c1cccc(Cl)c1CBr. The molecule has 2 amide bonds. The van der Waals surface area contributed by atoms with E-state index in [1.807, 2.05) is 0 Å². The predicted octanol–water partition coefficient (Wildman–Crippen LogP) is 3.13. The van der Waals surface area contributed by atoms with Crippen LogP contribution in [0.15, 0.2) is 18.2 Å². The molecule has 0 N–H and O–H groups in total. The maximum absolute atomic E-state index is 11.4. The summed E-state index contributed by atoms with van der Waals surface area (Å²) in [5, 5.41) is 1.01. The van der Waals surface area contributed by atoms with Gasteiger partial charge in [0, 0.05) is 29.8 Å². The van der Waals surface area contributed by atoms with E-state index in [0.29, 0.717) is 16.0 Å². The lowest BCUT2D eigenvalue weighted by atomic mass is 10.1. The molecule has 0 aliphatic carbocycles. The van der Waals surface area contributed by atoms with Gasteiger partial charge in [-0.05, 0) is 12.1 Å². The van der Waals surface area contributed by atoms with Gasteiger partial charge in [-0.15, -0.1) is 0 Å². The van der Waals surface area contributed by atoms with Crippen LogP contribution in [0.5, 0.6) is 0 Å². The molecule has 0 aromatic heterocycles. The van der Waals surface area contributed by atoms with Gasteiger partial charge in [0.2, 0.25) is 11.8 Å². The van der Waals surface area contributed by atoms with Crippen molar-refractivity contribution < 1.29 is 9.59 Å². The van der Waals surface area contributed by atoms with E-state index < -0.39 is 0 Å². The first-order valence-electron chi connectivity index (χ1n) is 4.63. The average Bonchev–Trinajstić information content (AvgIpc) is 2.16. The number of halogens is 2. The Balaban J connectivity index is 3.35. The summed E-state index contributed by atoms with van der Waals surface area (Å²) in [6.45, 7) is 2.70. The van der Waals surface area contributed by atoms with E-state index >= 15 is 0 Å². The molecule has 0 bridgehead atoms. The highest BCUT2D eigenvalue weighted by molar-refractivity contribution is 9.08. The summed E-state index contributed by atoms with van der Waals surface area (Å²) in [7, 11) is 0. The van der Waals surface area contributed by atoms with Gasteiger partial charge in [-0.2, -0.15) is 0 Å². The Morgan fingerprint density at radius 1 is 1.31 bits per heavy atom. The Labute approximate surface area is 108 Å². The molecule has 5 heteroatoms. The number of hydrogen-bond acceptors (Lipinski definition) is 2. The van der Waals surface area contributed by atoms with Crippen molar-refractivity contribution >= 4 is 45.0 Å². The summed E-state index contributed by atoms with van der Waals surface area (Å²) >= 11 is 9.30. The van der Waals surface area contributed by atoms with E-state index in [4.69, 9.17) is 11.6 Å². The quantitative estimate of drug-likeness (QED) is 0.787. The molecule has 0 radical (unpaired) electrons. The summed E-state index contributed by atoms with van der Waals surface area (Å²) in [5.74, 6) is -0.645. The van der Waals surface area contributed by atoms with Crippen LogP contribution in [0, 0.1) is 0 Å². The summed E-state index contributed by atoms with van der Waals surface area (Å²) in [6, 6.07) is 5.13. The number of carbonyl (C=O) groups is 2. The van der Waals surface area contributed by atoms with Gasteiger partial charge in [-0.25, -0.2) is 0 Å². The minimum Gasteiger partial charge on any atom is -0.274 e. The molecule has 1 aromatic carbocycles. The lowest BCUT2D eigenvalue weighted by molar-refractivity contribution is -0.124. The van der Waals surface area contributed by atoms with Crippen LogP contribution in [-0.4, -0.2) is 11.8 Å². The zero-order valence-corrected chi connectivity index (χ0v) is 11.3. The van der Waals surface area contributed by atoms with Crippen LogP contribution in [-0.2, 0) is 14.9 Å². The second-order valence-electron chi connectivity index (χ2n) is 3.24. The number of nitrogens with zero attached hydrogens (tertiary/aromatic N) is 1. The lowest BCUT2D eigenvalue weighted by Crippen LogP contribution is -2.33. The third-order valence-corrected chi connectivity index (χ3v) is 3.01. The Hall–Kier alpha value is -0.870. The number of rotatable bonds is 2. The fourth-order valence-electron chi connectivity index (χ4n) is 1.45. The summed E-state index contributed by atoms with van der Waals surface area (Å²) in [6.07, 6.45) is 0. The number of hydrogen-bond donors (Lipinski definition) is 0. The molecule has 0 atom stereocenters. The fraction of sp³-hybridized carbons (Fsp3) is 0.273. The van der Waals surface area contributed by atoms with Crippen molar-refractivity contribution in [1.82, 2.24) is 0 Å². The zero-order chi connectivity index (χ0) is 12.3. The minimum absolute atomic E-state index is 0.322. The molecule has 0 aliphatic rings. The van der Waals surface area contributed by atoms with Crippen molar-refractivity contribution in [2.45, 2.75) is 19.2 Å². The highest BCUT2D eigenvalue weighted by Crippen LogP contribution is 2.29. The van der Waals surface area contributed by atoms with Gasteiger partial charge in [-0.3, -0.25) is 14.5 Å². The Morgan fingerprint density at radius 2 is 1.88 bits per heavy atom. The molecule has 1 aromatic rings. The second kappa shape index (κ2) is 5.46. The molecule has 0 unspecified atom stereocenters. The molecular weight excluding hydrogens is 293 g/mol. The van der Waals surface area contributed by atoms with E-state index in [0.717, 1.165) is 10.5 Å². The summed E-state index contributed by atoms with van der Waals surface area (Å²) in [5.41, 5.74) is 1.26. The van der Waals surface area contributed by atoms with Gasteiger partial charge in [0.25, 0.3) is 0 Å². The highest BCUT2D eigenvalue weighted by Gasteiger charge is 2.20. The van der Waals surface area contributed by atoms with Gasteiger partial charge < -0.3 is 0 Å². The highest BCUT2D eigenvalue weighted by atomic mass is 79.9. The molecule has 0 heterocycles. The fourth-order valence-corrected chi connectivity index (χ4v) is 2.44. The van der Waals surface area contributed by atoms with Crippen molar-refractivity contribution in [3.8, 4) is 0 Å². The molecule has 0 saturated heterocycles. The smallest absolute Gasteiger partial charge is 0.230 e. The van der Waals surface area contributed by atoms with E-state index in [-0.39, 0.29) is 11.8 Å². The van der Waals surface area contributed by atoms with Crippen molar-refractivity contribution in [1.29, 1.82) is 0 Å². The van der Waals surface area contributed by atoms with Crippen LogP contribution in [0.3, 0.4) is 0 Å². The van der Waals surface area contributed by atoms with Crippen LogP contribution >= 0.6 is 27.5 Å². The number of carbonyl (C=O) groups excluding carboxylic acids is 2. The molecule has 3 nitrogen and oxygen atoms in total. The second-order valence-corrected chi connectivity index (χ2v) is 4.21. The first-order chi connectivity index (χ1) is 7.49. The number of alkyl halides is 1. The maximum atomic E-state index is 11.4. The van der Waals surface area contributed by atoms with Crippen LogP contribution in [0.2, 0.25) is 5.02 Å². The summed E-state index contributed by atoms with van der Waals surface area (Å²) < 4.78 is 0. The largest absolute Gasteiger partial charge is 0.274 e. The molecular formula is C11H11BrClNO2. The zero-order valence-electron chi connectivity index (χ0n) is 8.96. The topological polar surface area (TPSA) is 37.4 Å². The van der Waals surface area contributed by atoms with E-state index in [1.165, 1.54) is 13.8 Å². The van der Waals surface area contributed by atoms with Crippen LogP contribution in [0.25, 0.3) is 0 Å².